The standard InChI is InChI=1S/C24H25ClN6O3S2.C24H24ClN5O3S2.C22H21F2N5O4S.5H2/c1-16(31-10-9-18-3-4-19(25)15-22(18)31)23(32)30-13-11-29(12-14-30)20-5-7-21(8-6-20)36(33,34)28-24-26-17(2)27-35-24;25-21-3-1-2-19-10-14-30(23(19)21)15-11-22(31)29-12-8-18(9-13-29)17-4-6-20(7-5-17)35(32,33)28-24-26-16-27-34-24;23-18-3-1-2-17(20(18)24)21(30)22(31)29-12-10-28(11-13-29)15-4-6-16(7-5-15)34(32,33)27-19-8-9-25-14-26-19;;;;;/h3-10,15-16H,11-14H2,1-2H3,(H,26,27,28);1-7,10,14,16,18H,8-9,11-13,15H2,(H,26,27,28);1-9,14,21,30H,10-13H2,(H,25,26,27);5*1H/t16-;;;;;;;/m0......./s1. The third-order valence-electron chi connectivity index (χ3n) is 18.1. The molecule has 558 valence electrons. The van der Waals surface area contributed by atoms with Gasteiger partial charge in [-0.15, -0.1) is 0 Å². The number of sulfonamides is 3. The molecule has 26 nitrogen and oxygen atoms in total. The predicted octanol–water partition coefficient (Wildman–Crippen LogP) is 12.1. The number of fused-ring (bicyclic) bond motifs is 2. The molecule has 11 aromatic rings. The molecule has 8 heterocycles. The second-order valence-corrected chi connectivity index (χ2v) is 32.1. The minimum atomic E-state index is -3.82. The number of likely N-dealkylation sites (tertiary alicyclic amines) is 1. The van der Waals surface area contributed by atoms with E-state index in [4.69, 9.17) is 23.2 Å². The highest BCUT2D eigenvalue weighted by molar-refractivity contribution is 7.93. The Morgan fingerprint density at radius 3 is 1.81 bits per heavy atom. The van der Waals surface area contributed by atoms with E-state index in [9.17, 15) is 53.5 Å². The van der Waals surface area contributed by atoms with Crippen LogP contribution in [0.3, 0.4) is 0 Å². The number of amides is 3. The van der Waals surface area contributed by atoms with Crippen LogP contribution in [0.1, 0.15) is 68.3 Å². The van der Waals surface area contributed by atoms with Gasteiger partial charge in [-0.3, -0.25) is 28.5 Å². The van der Waals surface area contributed by atoms with Crippen molar-refractivity contribution in [1.29, 1.82) is 0 Å². The van der Waals surface area contributed by atoms with Crippen molar-refractivity contribution in [2.75, 3.05) is 89.4 Å². The molecule has 6 aromatic carbocycles. The minimum Gasteiger partial charge on any atom is -0.378 e. The fourth-order valence-corrected chi connectivity index (χ4v) is 17.5. The number of aromatic nitrogens is 8. The fourth-order valence-electron chi connectivity index (χ4n) is 12.5. The first-order valence-electron chi connectivity index (χ1n) is 33.1. The molecule has 3 amide bonds. The molecule has 3 fully saturated rings. The topological polar surface area (TPSA) is 313 Å². The largest absolute Gasteiger partial charge is 0.378 e. The van der Waals surface area contributed by atoms with Gasteiger partial charge in [0, 0.05) is 155 Å². The third kappa shape index (κ3) is 18.0. The van der Waals surface area contributed by atoms with Gasteiger partial charge in [-0.25, -0.2) is 54.0 Å². The van der Waals surface area contributed by atoms with Crippen LogP contribution in [-0.4, -0.2) is 166 Å². The zero-order valence-electron chi connectivity index (χ0n) is 56.4. The number of rotatable bonds is 19. The maximum Gasteiger partial charge on any atom is 0.263 e. The summed E-state index contributed by atoms with van der Waals surface area (Å²) in [5, 5.41) is 14.2. The van der Waals surface area contributed by atoms with Crippen LogP contribution in [0, 0.1) is 18.6 Å². The van der Waals surface area contributed by atoms with Gasteiger partial charge in [0.2, 0.25) is 22.1 Å². The molecule has 3 aliphatic rings. The number of aryl methyl sites for hydroxylation is 2. The van der Waals surface area contributed by atoms with E-state index in [1.165, 1.54) is 54.1 Å². The molecule has 0 aliphatic carbocycles. The molecule has 0 bridgehead atoms. The van der Waals surface area contributed by atoms with Crippen molar-refractivity contribution in [3.05, 3.63) is 215 Å². The normalized spacial score (nSPS) is 15.1. The van der Waals surface area contributed by atoms with E-state index in [1.807, 2.05) is 104 Å². The Morgan fingerprint density at radius 1 is 0.629 bits per heavy atom. The SMILES string of the molecule is Cc1nsc(NS(=O)(=O)c2ccc(N3CCN(C(=O)[C@H](C)n4ccc5ccc(Cl)cc54)CC3)cc2)n1.O=C(C(O)c1cccc(F)c1F)N1CCN(c2ccc(S(=O)(=O)Nc3ccncn3)cc2)CC1.O=C(CCn1ccc2cccc(Cl)c21)N1CCC(c2ccc(S(=O)(=O)Nc3ncns3)cc2)CC1.[HH].[HH].[HH].[HH].[HH]. The predicted molar refractivity (Wildman–Crippen MR) is 410 cm³/mol. The first-order valence-corrected chi connectivity index (χ1v) is 39.8. The van der Waals surface area contributed by atoms with Crippen LogP contribution in [0.2, 0.25) is 10.0 Å². The molecular formula is C70H80Cl2F2N16O10S5. The molecule has 0 radical (unpaired) electrons. The molecule has 0 saturated carbocycles. The van der Waals surface area contributed by atoms with E-state index < -0.39 is 59.3 Å². The van der Waals surface area contributed by atoms with Crippen molar-refractivity contribution in [3.8, 4) is 0 Å². The quantitative estimate of drug-likeness (QED) is 0.0584. The van der Waals surface area contributed by atoms with E-state index in [1.54, 1.807) is 55.5 Å². The zero-order valence-corrected chi connectivity index (χ0v) is 62.0. The van der Waals surface area contributed by atoms with E-state index in [-0.39, 0.29) is 68.8 Å². The highest BCUT2D eigenvalue weighted by Crippen LogP contribution is 2.33. The Labute approximate surface area is 629 Å². The van der Waals surface area contributed by atoms with Crippen LogP contribution in [0.15, 0.2) is 192 Å². The summed E-state index contributed by atoms with van der Waals surface area (Å²) in [5.41, 5.74) is 4.24. The molecule has 3 aliphatic heterocycles. The van der Waals surface area contributed by atoms with E-state index in [2.05, 4.69) is 47.7 Å². The van der Waals surface area contributed by atoms with Gasteiger partial charge < -0.3 is 38.7 Å². The molecule has 5 aromatic heterocycles. The number of carbonyl (C=O) groups is 3. The number of nitrogens with zero attached hydrogens (tertiary/aromatic N) is 13. The number of piperidine rings is 1. The molecule has 2 atom stereocenters. The van der Waals surface area contributed by atoms with Crippen molar-refractivity contribution in [2.24, 2.45) is 0 Å². The summed E-state index contributed by atoms with van der Waals surface area (Å²) >= 11 is 14.5. The van der Waals surface area contributed by atoms with Gasteiger partial charge in [-0.1, -0.05) is 65.7 Å². The highest BCUT2D eigenvalue weighted by Gasteiger charge is 2.32. The van der Waals surface area contributed by atoms with Gasteiger partial charge in [0.15, 0.2) is 17.7 Å². The molecule has 3 saturated heterocycles. The van der Waals surface area contributed by atoms with Gasteiger partial charge in [0.05, 0.1) is 30.7 Å². The van der Waals surface area contributed by atoms with E-state index >= 15 is 0 Å². The monoisotopic (exact) mass is 1570 g/mol. The Morgan fingerprint density at radius 2 is 1.22 bits per heavy atom. The highest BCUT2D eigenvalue weighted by atomic mass is 35.5. The average Bonchev–Trinajstić information content (AvgIpc) is 1.57. The van der Waals surface area contributed by atoms with Crippen LogP contribution >= 0.6 is 46.3 Å². The van der Waals surface area contributed by atoms with Gasteiger partial charge in [-0.05, 0) is 147 Å². The summed E-state index contributed by atoms with van der Waals surface area (Å²) in [6, 6.07) is 39.8. The number of anilines is 5. The summed E-state index contributed by atoms with van der Waals surface area (Å²) < 4.78 is 122. The lowest BCUT2D eigenvalue weighted by Gasteiger charge is -2.37. The first kappa shape index (κ1) is 75.0. The maximum absolute atomic E-state index is 13.9. The van der Waals surface area contributed by atoms with Crippen molar-refractivity contribution in [3.63, 3.8) is 0 Å². The van der Waals surface area contributed by atoms with E-state index in [0.717, 1.165) is 80.7 Å². The molecule has 14 rings (SSSR count). The summed E-state index contributed by atoms with van der Waals surface area (Å²) in [6.07, 6.45) is 8.19. The number of aliphatic hydroxyl groups excluding tert-OH is 1. The van der Waals surface area contributed by atoms with Crippen molar-refractivity contribution < 1.29 is 60.7 Å². The number of aliphatic hydroxyl groups is 1. The second kappa shape index (κ2) is 32.7. The lowest BCUT2D eigenvalue weighted by molar-refractivity contribution is -0.141. The molecule has 105 heavy (non-hydrogen) atoms. The third-order valence-corrected chi connectivity index (χ3v) is 24.3. The van der Waals surface area contributed by atoms with Gasteiger partial charge in [0.25, 0.3) is 36.0 Å². The number of piperazine rings is 2. The van der Waals surface area contributed by atoms with Crippen LogP contribution in [0.4, 0.5) is 36.2 Å². The maximum atomic E-state index is 13.9. The van der Waals surface area contributed by atoms with Crippen molar-refractivity contribution in [1.82, 2.24) is 52.5 Å². The Balaban J connectivity index is 0.000000224. The average molecular weight is 1570 g/mol. The van der Waals surface area contributed by atoms with Gasteiger partial charge >= 0.3 is 0 Å². The number of halogens is 4. The second-order valence-electron chi connectivity index (χ2n) is 24.7. The number of hydrogen-bond acceptors (Lipinski definition) is 20. The zero-order chi connectivity index (χ0) is 74.2. The van der Waals surface area contributed by atoms with Crippen molar-refractivity contribution >= 4 is 143 Å². The molecule has 4 N–H and O–H groups in total. The minimum absolute atomic E-state index is 0. The molecule has 0 spiro atoms. The Bertz CT molecular complexity index is 5270. The number of carbonyl (C=O) groups excluding carboxylic acids is 3. The molecule has 35 heteroatoms. The smallest absolute Gasteiger partial charge is 0.263 e. The number of para-hydroxylation sites is 1. The lowest BCUT2D eigenvalue weighted by atomic mass is 9.89. The van der Waals surface area contributed by atoms with Crippen LogP contribution in [0.5, 0.6) is 0 Å². The fraction of sp³-hybridized carbons (Fsp3) is 0.271. The van der Waals surface area contributed by atoms with Gasteiger partial charge in [-0.2, -0.15) is 8.75 Å². The summed E-state index contributed by atoms with van der Waals surface area (Å²) in [7, 11) is -11.3. The Kier molecular flexibility index (Phi) is 23.4. The van der Waals surface area contributed by atoms with Gasteiger partial charge in [0.1, 0.15) is 30.3 Å². The van der Waals surface area contributed by atoms with Crippen LogP contribution < -0.4 is 24.0 Å². The first-order chi connectivity index (χ1) is 50.4. The Hall–Kier alpha value is -9.74. The van der Waals surface area contributed by atoms with Crippen LogP contribution in [-0.2, 0) is 51.0 Å². The summed E-state index contributed by atoms with van der Waals surface area (Å²) in [4.78, 5) is 63.9. The van der Waals surface area contributed by atoms with Crippen molar-refractivity contribution in [2.45, 2.75) is 72.4 Å². The summed E-state index contributed by atoms with van der Waals surface area (Å²) in [5.74, 6) is -1.92. The number of benzene rings is 6. The lowest BCUT2D eigenvalue weighted by Crippen LogP contribution is -2.50. The number of nitrogens with one attached hydrogen (secondary N) is 3. The summed E-state index contributed by atoms with van der Waals surface area (Å²) in [6.45, 7) is 9.39. The molecule has 1 unspecified atom stereocenters. The molecular weight excluding hydrogens is 1490 g/mol. The van der Waals surface area contributed by atoms with Crippen LogP contribution in [0.25, 0.3) is 21.8 Å². The number of hydrogen-bond donors (Lipinski definition) is 4. The van der Waals surface area contributed by atoms with E-state index in [0.29, 0.717) is 87.1 Å².